The first-order valence-electron chi connectivity index (χ1n) is 8.30. The van der Waals surface area contributed by atoms with Crippen LogP contribution in [0.4, 0.5) is 5.69 Å². The van der Waals surface area contributed by atoms with Gasteiger partial charge >= 0.3 is 5.97 Å². The van der Waals surface area contributed by atoms with Crippen LogP contribution in [-0.2, 0) is 4.79 Å². The molecule has 1 aliphatic rings. The Morgan fingerprint density at radius 1 is 1.19 bits per heavy atom. The summed E-state index contributed by atoms with van der Waals surface area (Å²) in [6, 6.07) is 11.0. The van der Waals surface area contributed by atoms with E-state index in [9.17, 15) is 24.8 Å². The molecule has 0 radical (unpaired) electrons. The molecular formula is C19H17ClN2O5. The zero-order chi connectivity index (χ0) is 19.7. The third-order valence-electron chi connectivity index (χ3n) is 4.87. The Bertz CT molecular complexity index is 913. The minimum absolute atomic E-state index is 0.0812. The lowest BCUT2D eigenvalue weighted by atomic mass is 9.89. The molecule has 27 heavy (non-hydrogen) atoms. The van der Waals surface area contributed by atoms with E-state index in [4.69, 9.17) is 11.6 Å². The second-order valence-corrected chi connectivity index (χ2v) is 7.01. The van der Waals surface area contributed by atoms with Crippen LogP contribution in [0.1, 0.15) is 27.4 Å². The third-order valence-corrected chi connectivity index (χ3v) is 5.13. The first-order valence-corrected chi connectivity index (χ1v) is 8.68. The van der Waals surface area contributed by atoms with Gasteiger partial charge in [0.15, 0.2) is 0 Å². The van der Waals surface area contributed by atoms with Crippen LogP contribution in [0.2, 0.25) is 5.02 Å². The Hall–Kier alpha value is -2.93. The Morgan fingerprint density at radius 3 is 2.41 bits per heavy atom. The highest BCUT2D eigenvalue weighted by atomic mass is 35.5. The lowest BCUT2D eigenvalue weighted by Gasteiger charge is -2.18. The number of carbonyl (C=O) groups is 2. The molecule has 3 rings (SSSR count). The zero-order valence-corrected chi connectivity index (χ0v) is 15.2. The summed E-state index contributed by atoms with van der Waals surface area (Å²) < 4.78 is 0. The zero-order valence-electron chi connectivity index (χ0n) is 14.5. The normalized spacial score (nSPS) is 19.1. The molecule has 1 saturated heterocycles. The van der Waals surface area contributed by atoms with Gasteiger partial charge in [0.2, 0.25) is 0 Å². The maximum Gasteiger partial charge on any atom is 0.308 e. The monoisotopic (exact) mass is 388 g/mol. The van der Waals surface area contributed by atoms with E-state index in [0.29, 0.717) is 16.1 Å². The number of halogens is 1. The molecule has 0 aromatic heterocycles. The van der Waals surface area contributed by atoms with Gasteiger partial charge in [0.05, 0.1) is 10.8 Å². The van der Waals surface area contributed by atoms with Gasteiger partial charge in [0.25, 0.3) is 11.6 Å². The lowest BCUT2D eigenvalue weighted by Crippen LogP contribution is -2.30. The third kappa shape index (κ3) is 3.78. The van der Waals surface area contributed by atoms with Gasteiger partial charge in [-0.1, -0.05) is 23.7 Å². The first-order chi connectivity index (χ1) is 12.8. The number of benzene rings is 2. The molecule has 0 saturated carbocycles. The van der Waals surface area contributed by atoms with Gasteiger partial charge in [0, 0.05) is 41.7 Å². The number of amides is 1. The second kappa shape index (κ2) is 7.36. The molecule has 0 spiro atoms. The van der Waals surface area contributed by atoms with Gasteiger partial charge in [-0.3, -0.25) is 19.7 Å². The molecule has 0 unspecified atom stereocenters. The molecule has 1 amide bonds. The number of hydrogen-bond acceptors (Lipinski definition) is 4. The molecule has 2 aromatic rings. The van der Waals surface area contributed by atoms with E-state index in [2.05, 4.69) is 0 Å². The van der Waals surface area contributed by atoms with Crippen molar-refractivity contribution >= 4 is 29.2 Å². The quantitative estimate of drug-likeness (QED) is 0.638. The summed E-state index contributed by atoms with van der Waals surface area (Å²) >= 11 is 5.90. The van der Waals surface area contributed by atoms with Crippen LogP contribution < -0.4 is 0 Å². The van der Waals surface area contributed by atoms with E-state index in [0.717, 1.165) is 5.56 Å². The smallest absolute Gasteiger partial charge is 0.308 e. The van der Waals surface area contributed by atoms with Crippen molar-refractivity contribution in [1.82, 2.24) is 4.90 Å². The number of hydrogen-bond donors (Lipinski definition) is 1. The number of non-ortho nitro benzene ring substituents is 1. The number of carboxylic acid groups (broad SMARTS) is 1. The number of carbonyl (C=O) groups excluding carboxylic acids is 1. The number of carboxylic acids is 1. The highest BCUT2D eigenvalue weighted by Gasteiger charge is 2.40. The van der Waals surface area contributed by atoms with Crippen molar-refractivity contribution in [3.63, 3.8) is 0 Å². The minimum atomic E-state index is -0.967. The summed E-state index contributed by atoms with van der Waals surface area (Å²) in [6.45, 7) is 1.97. The standard InChI is InChI=1S/C19H17ClN2O5/c1-11-8-14(22(26)27)6-7-15(11)18(23)21-9-16(17(10-21)19(24)25)12-2-4-13(20)5-3-12/h2-8,16-17H,9-10H2,1H3,(H,24,25)/t16-,17+/m0/s1. The average molecular weight is 389 g/mol. The number of nitrogens with zero attached hydrogens (tertiary/aromatic N) is 2. The van der Waals surface area contributed by atoms with E-state index in [1.807, 2.05) is 0 Å². The van der Waals surface area contributed by atoms with Gasteiger partial charge in [0.1, 0.15) is 0 Å². The van der Waals surface area contributed by atoms with Gasteiger partial charge in [-0.2, -0.15) is 0 Å². The van der Waals surface area contributed by atoms with Gasteiger partial charge < -0.3 is 10.0 Å². The van der Waals surface area contributed by atoms with E-state index in [1.54, 1.807) is 31.2 Å². The van der Waals surface area contributed by atoms with E-state index in [-0.39, 0.29) is 30.6 Å². The summed E-state index contributed by atoms with van der Waals surface area (Å²) in [5.41, 5.74) is 1.54. The maximum atomic E-state index is 12.9. The van der Waals surface area contributed by atoms with Gasteiger partial charge in [-0.15, -0.1) is 0 Å². The van der Waals surface area contributed by atoms with E-state index < -0.39 is 16.8 Å². The van der Waals surface area contributed by atoms with Gasteiger partial charge in [-0.25, -0.2) is 0 Å². The number of rotatable bonds is 4. The van der Waals surface area contributed by atoms with E-state index in [1.165, 1.54) is 23.1 Å². The number of aryl methyl sites for hydroxylation is 1. The Balaban J connectivity index is 1.87. The molecule has 140 valence electrons. The van der Waals surface area contributed by atoms with Crippen LogP contribution in [-0.4, -0.2) is 39.9 Å². The number of nitro groups is 1. The number of nitro benzene ring substituents is 1. The van der Waals surface area contributed by atoms with Crippen LogP contribution in [0.5, 0.6) is 0 Å². The summed E-state index contributed by atoms with van der Waals surface area (Å²) in [4.78, 5) is 36.4. The van der Waals surface area contributed by atoms with Crippen LogP contribution in [0.15, 0.2) is 42.5 Å². The predicted molar refractivity (Wildman–Crippen MR) is 99.1 cm³/mol. The number of aliphatic carboxylic acids is 1. The molecule has 8 heteroatoms. The molecule has 1 N–H and O–H groups in total. The van der Waals surface area contributed by atoms with Crippen molar-refractivity contribution < 1.29 is 19.6 Å². The Morgan fingerprint density at radius 2 is 1.85 bits per heavy atom. The molecule has 1 heterocycles. The van der Waals surface area contributed by atoms with Crippen LogP contribution in [0, 0.1) is 23.0 Å². The van der Waals surface area contributed by atoms with Crippen LogP contribution >= 0.6 is 11.6 Å². The summed E-state index contributed by atoms with van der Waals surface area (Å²) in [6.07, 6.45) is 0. The minimum Gasteiger partial charge on any atom is -0.481 e. The molecule has 1 fully saturated rings. The maximum absolute atomic E-state index is 12.9. The summed E-state index contributed by atoms with van der Waals surface area (Å²) in [5, 5.41) is 21.0. The molecule has 7 nitrogen and oxygen atoms in total. The van der Waals surface area contributed by atoms with Gasteiger partial charge in [-0.05, 0) is 36.2 Å². The topological polar surface area (TPSA) is 101 Å². The first kappa shape index (κ1) is 18.8. The Labute approximate surface area is 160 Å². The second-order valence-electron chi connectivity index (χ2n) is 6.57. The fourth-order valence-electron chi connectivity index (χ4n) is 3.44. The highest BCUT2D eigenvalue weighted by Crippen LogP contribution is 2.34. The fraction of sp³-hybridized carbons (Fsp3) is 0.263. The number of likely N-dealkylation sites (tertiary alicyclic amines) is 1. The SMILES string of the molecule is Cc1cc([N+](=O)[O-])ccc1C(=O)N1C[C@@H](C(=O)O)[C@H](c2ccc(Cl)cc2)C1. The predicted octanol–water partition coefficient (Wildman–Crippen LogP) is 3.50. The molecule has 1 aliphatic heterocycles. The summed E-state index contributed by atoms with van der Waals surface area (Å²) in [5.74, 6) is -2.37. The van der Waals surface area contributed by atoms with Crippen LogP contribution in [0.3, 0.4) is 0 Å². The lowest BCUT2D eigenvalue weighted by molar-refractivity contribution is -0.384. The van der Waals surface area contributed by atoms with Crippen molar-refractivity contribution in [2.45, 2.75) is 12.8 Å². The molecule has 0 aliphatic carbocycles. The highest BCUT2D eigenvalue weighted by molar-refractivity contribution is 6.30. The molecular weight excluding hydrogens is 372 g/mol. The average Bonchev–Trinajstić information content (AvgIpc) is 3.07. The van der Waals surface area contributed by atoms with Crippen LogP contribution in [0.25, 0.3) is 0 Å². The van der Waals surface area contributed by atoms with Crippen molar-refractivity contribution in [3.05, 3.63) is 74.3 Å². The molecule has 0 bridgehead atoms. The van der Waals surface area contributed by atoms with Crippen molar-refractivity contribution in [3.8, 4) is 0 Å². The Kier molecular flexibility index (Phi) is 5.14. The van der Waals surface area contributed by atoms with E-state index >= 15 is 0 Å². The molecule has 2 atom stereocenters. The van der Waals surface area contributed by atoms with Crippen molar-refractivity contribution in [2.24, 2.45) is 5.92 Å². The largest absolute Gasteiger partial charge is 0.481 e. The van der Waals surface area contributed by atoms with Crippen molar-refractivity contribution in [2.75, 3.05) is 13.1 Å². The molecule has 2 aromatic carbocycles. The summed E-state index contributed by atoms with van der Waals surface area (Å²) in [7, 11) is 0. The fourth-order valence-corrected chi connectivity index (χ4v) is 3.57. The van der Waals surface area contributed by atoms with Crippen molar-refractivity contribution in [1.29, 1.82) is 0 Å².